The first kappa shape index (κ1) is 24.2. The van der Waals surface area contributed by atoms with Gasteiger partial charge in [-0.15, -0.1) is 0 Å². The Kier molecular flexibility index (Phi) is 6.22. The van der Waals surface area contributed by atoms with Gasteiger partial charge in [0.1, 0.15) is 34.5 Å². The molecule has 0 N–H and O–H groups in total. The van der Waals surface area contributed by atoms with E-state index >= 15 is 0 Å². The number of aryl methyl sites for hydroxylation is 1. The predicted molar refractivity (Wildman–Crippen MR) is 92.9 cm³/mol. The quantitative estimate of drug-likeness (QED) is 0.275. The molecule has 3 aromatic carbocycles. The molecule has 0 heterocycles. The third kappa shape index (κ3) is 4.99. The highest BCUT2D eigenvalue weighted by Gasteiger charge is 2.43. The van der Waals surface area contributed by atoms with Gasteiger partial charge >= 0.3 is 12.2 Å². The van der Waals surface area contributed by atoms with Crippen molar-refractivity contribution in [1.29, 1.82) is 0 Å². The van der Waals surface area contributed by atoms with Crippen LogP contribution < -0.4 is 9.47 Å². The molecule has 0 amide bonds. The van der Waals surface area contributed by atoms with E-state index in [4.69, 9.17) is 0 Å². The van der Waals surface area contributed by atoms with Gasteiger partial charge in [-0.25, -0.2) is 26.3 Å². The van der Waals surface area contributed by atoms with Crippen molar-refractivity contribution >= 4 is 0 Å². The molecule has 0 saturated carbocycles. The maximum atomic E-state index is 14.3. The van der Waals surface area contributed by atoms with Crippen LogP contribution in [0.2, 0.25) is 0 Å². The van der Waals surface area contributed by atoms with Crippen LogP contribution in [0.3, 0.4) is 0 Å². The molecule has 0 saturated heterocycles. The molecule has 33 heavy (non-hydrogen) atoms. The maximum Gasteiger partial charge on any atom is 0.432 e. The molecule has 0 bridgehead atoms. The molecule has 3 aromatic rings. The summed E-state index contributed by atoms with van der Waals surface area (Å²) in [5, 5.41) is 0. The van der Waals surface area contributed by atoms with Crippen molar-refractivity contribution in [2.45, 2.75) is 19.1 Å². The molecular formula is C21H10F10O2. The number of benzene rings is 3. The second kappa shape index (κ2) is 8.49. The minimum atomic E-state index is -4.92. The van der Waals surface area contributed by atoms with E-state index in [1.54, 1.807) is 0 Å². The average Bonchev–Trinajstić information content (AvgIpc) is 2.64. The Balaban J connectivity index is 1.92. The summed E-state index contributed by atoms with van der Waals surface area (Å²) >= 11 is 0. The summed E-state index contributed by atoms with van der Waals surface area (Å²) in [5.41, 5.74) is -3.12. The number of hydrogen-bond acceptors (Lipinski definition) is 2. The fourth-order valence-electron chi connectivity index (χ4n) is 2.74. The Labute approximate surface area is 179 Å². The Bertz CT molecular complexity index is 1160. The van der Waals surface area contributed by atoms with Crippen LogP contribution in [0.5, 0.6) is 11.5 Å². The first-order valence-electron chi connectivity index (χ1n) is 8.75. The van der Waals surface area contributed by atoms with Gasteiger partial charge in [-0.3, -0.25) is 0 Å². The number of halogens is 10. The van der Waals surface area contributed by atoms with E-state index in [0.29, 0.717) is 6.07 Å². The fraction of sp³-hybridized carbons (Fsp3) is 0.143. The average molecular weight is 484 g/mol. The molecule has 2 nitrogen and oxygen atoms in total. The summed E-state index contributed by atoms with van der Waals surface area (Å²) < 4.78 is 147. The predicted octanol–water partition coefficient (Wildman–Crippen LogP) is 7.09. The van der Waals surface area contributed by atoms with Crippen LogP contribution in [-0.4, -0.2) is 0 Å². The molecule has 12 heteroatoms. The third-order valence-electron chi connectivity index (χ3n) is 4.19. The summed E-state index contributed by atoms with van der Waals surface area (Å²) in [4.78, 5) is 0. The van der Waals surface area contributed by atoms with Crippen LogP contribution in [0.1, 0.15) is 16.7 Å². The lowest BCUT2D eigenvalue weighted by atomic mass is 10.1. The molecule has 0 radical (unpaired) electrons. The topological polar surface area (TPSA) is 18.5 Å². The number of ether oxygens (including phenoxy) is 2. The number of rotatable bonds is 6. The van der Waals surface area contributed by atoms with E-state index in [-0.39, 0.29) is 29.8 Å². The zero-order valence-electron chi connectivity index (χ0n) is 16.1. The van der Waals surface area contributed by atoms with Crippen LogP contribution in [0.25, 0.3) is 0 Å². The first-order chi connectivity index (χ1) is 15.2. The molecule has 0 aliphatic rings. The van der Waals surface area contributed by atoms with E-state index in [2.05, 4.69) is 9.47 Å². The second-order valence-electron chi connectivity index (χ2n) is 6.68. The lowest BCUT2D eigenvalue weighted by Crippen LogP contribution is -2.26. The van der Waals surface area contributed by atoms with Crippen molar-refractivity contribution in [3.8, 4) is 11.5 Å². The van der Waals surface area contributed by atoms with Crippen molar-refractivity contribution in [2.75, 3.05) is 0 Å². The molecule has 0 aliphatic carbocycles. The second-order valence-corrected chi connectivity index (χ2v) is 6.68. The molecule has 0 unspecified atom stereocenters. The van der Waals surface area contributed by atoms with Gasteiger partial charge in [0.05, 0.1) is 5.56 Å². The number of hydrogen-bond donors (Lipinski definition) is 0. The van der Waals surface area contributed by atoms with Crippen LogP contribution in [-0.2, 0) is 12.2 Å². The zero-order valence-corrected chi connectivity index (χ0v) is 16.1. The lowest BCUT2D eigenvalue weighted by Gasteiger charge is -2.22. The van der Waals surface area contributed by atoms with Gasteiger partial charge in [0.25, 0.3) is 0 Å². The van der Waals surface area contributed by atoms with Crippen LogP contribution >= 0.6 is 0 Å². The highest BCUT2D eigenvalue weighted by molar-refractivity contribution is 5.35. The minimum absolute atomic E-state index is 0.00368. The summed E-state index contributed by atoms with van der Waals surface area (Å²) in [6.45, 7) is 1.41. The van der Waals surface area contributed by atoms with Gasteiger partial charge in [0, 0.05) is 24.3 Å². The maximum absolute atomic E-state index is 14.3. The molecular weight excluding hydrogens is 474 g/mol. The van der Waals surface area contributed by atoms with E-state index in [1.165, 1.54) is 6.92 Å². The summed E-state index contributed by atoms with van der Waals surface area (Å²) in [7, 11) is 0. The van der Waals surface area contributed by atoms with Crippen molar-refractivity contribution in [1.82, 2.24) is 0 Å². The molecule has 176 valence electrons. The highest BCUT2D eigenvalue weighted by atomic mass is 19.3. The molecule has 0 fully saturated rings. The van der Waals surface area contributed by atoms with Gasteiger partial charge in [-0.2, -0.15) is 17.6 Å². The van der Waals surface area contributed by atoms with Gasteiger partial charge < -0.3 is 9.47 Å². The van der Waals surface area contributed by atoms with Crippen LogP contribution in [0, 0.1) is 41.8 Å². The Hall–Kier alpha value is -3.44. The molecule has 0 spiro atoms. The smallest absolute Gasteiger partial charge is 0.429 e. The Morgan fingerprint density at radius 3 is 1.52 bits per heavy atom. The lowest BCUT2D eigenvalue weighted by molar-refractivity contribution is -0.191. The van der Waals surface area contributed by atoms with Crippen LogP contribution in [0.15, 0.2) is 42.5 Å². The van der Waals surface area contributed by atoms with Gasteiger partial charge in [-0.05, 0) is 24.6 Å². The Morgan fingerprint density at radius 2 is 1.03 bits per heavy atom. The van der Waals surface area contributed by atoms with Crippen molar-refractivity contribution in [3.63, 3.8) is 0 Å². The van der Waals surface area contributed by atoms with Gasteiger partial charge in [-0.1, -0.05) is 6.07 Å². The normalized spacial score (nSPS) is 12.1. The van der Waals surface area contributed by atoms with E-state index in [0.717, 1.165) is 12.1 Å². The van der Waals surface area contributed by atoms with Gasteiger partial charge in [0.2, 0.25) is 0 Å². The molecule has 0 atom stereocenters. The summed E-state index contributed by atoms with van der Waals surface area (Å²) in [5.74, 6) is -14.1. The number of alkyl halides is 4. The van der Waals surface area contributed by atoms with Crippen molar-refractivity contribution in [3.05, 3.63) is 94.1 Å². The van der Waals surface area contributed by atoms with Crippen LogP contribution in [0.4, 0.5) is 43.9 Å². The highest BCUT2D eigenvalue weighted by Crippen LogP contribution is 2.39. The minimum Gasteiger partial charge on any atom is -0.429 e. The standard InChI is InChI=1S/C21H10F10O2/c1-9-2-3-12(13(22)4-9)20(28,29)32-10-5-14(23)18(15(24)6-10)21(30,31)33-11-7-16(25)19(27)17(26)8-11/h2-8H,1H3. The monoisotopic (exact) mass is 484 g/mol. The largest absolute Gasteiger partial charge is 0.432 e. The third-order valence-corrected chi connectivity index (χ3v) is 4.19. The van der Waals surface area contributed by atoms with E-state index in [1.807, 2.05) is 0 Å². The van der Waals surface area contributed by atoms with Gasteiger partial charge in [0.15, 0.2) is 17.5 Å². The molecule has 0 aromatic heterocycles. The Morgan fingerprint density at radius 1 is 0.576 bits per heavy atom. The van der Waals surface area contributed by atoms with Crippen molar-refractivity contribution < 1.29 is 53.4 Å². The van der Waals surface area contributed by atoms with E-state index in [9.17, 15) is 43.9 Å². The summed E-state index contributed by atoms with van der Waals surface area (Å²) in [6.07, 6.45) is -9.37. The van der Waals surface area contributed by atoms with Crippen molar-refractivity contribution in [2.24, 2.45) is 0 Å². The molecule has 0 aliphatic heterocycles. The fourth-order valence-corrected chi connectivity index (χ4v) is 2.74. The van der Waals surface area contributed by atoms with E-state index < -0.39 is 69.7 Å². The first-order valence-corrected chi connectivity index (χ1v) is 8.75. The molecule has 3 rings (SSSR count). The SMILES string of the molecule is Cc1ccc(C(F)(F)Oc2cc(F)c(C(F)(F)Oc3cc(F)c(F)c(F)c3)c(F)c2)c(F)c1. The zero-order chi connectivity index (χ0) is 24.7. The summed E-state index contributed by atoms with van der Waals surface area (Å²) in [6, 6.07) is 2.40.